The van der Waals surface area contributed by atoms with E-state index in [1.54, 1.807) is 0 Å². The first kappa shape index (κ1) is 10.7. The maximum atomic E-state index is 11.5. The summed E-state index contributed by atoms with van der Waals surface area (Å²) in [4.78, 5) is 13.6. The number of nitrogens with zero attached hydrogens (tertiary/aromatic N) is 1. The molecule has 2 N–H and O–H groups in total. The number of fused-ring (bicyclic) bond motifs is 2. The van der Waals surface area contributed by atoms with Gasteiger partial charge in [0.1, 0.15) is 5.54 Å². The van der Waals surface area contributed by atoms with E-state index >= 15 is 0 Å². The Hall–Kier alpha value is -1.39. The molecule has 0 aromatic heterocycles. The summed E-state index contributed by atoms with van der Waals surface area (Å²) in [6.45, 7) is 2.13. The van der Waals surface area contributed by atoms with Crippen LogP contribution in [-0.4, -0.2) is 40.6 Å². The minimum absolute atomic E-state index is 0.342. The Morgan fingerprint density at radius 1 is 1.47 bits per heavy atom. The van der Waals surface area contributed by atoms with Gasteiger partial charge in [0, 0.05) is 25.7 Å². The molecule has 1 unspecified atom stereocenters. The third-order valence-corrected chi connectivity index (χ3v) is 3.93. The summed E-state index contributed by atoms with van der Waals surface area (Å²) in [5.41, 5.74) is 0.501. The van der Waals surface area contributed by atoms with Crippen molar-refractivity contribution < 1.29 is 9.90 Å². The number of hydrogen-bond donors (Lipinski definition) is 2. The summed E-state index contributed by atoms with van der Waals surface area (Å²) in [6, 6.07) is 10.4. The summed E-state index contributed by atoms with van der Waals surface area (Å²) >= 11 is 0. The van der Waals surface area contributed by atoms with Gasteiger partial charge in [0.25, 0.3) is 0 Å². The van der Waals surface area contributed by atoms with Gasteiger partial charge in [-0.25, -0.2) is 0 Å². The van der Waals surface area contributed by atoms with E-state index in [0.29, 0.717) is 12.6 Å². The molecule has 90 valence electrons. The predicted molar refractivity (Wildman–Crippen MR) is 63.6 cm³/mol. The van der Waals surface area contributed by atoms with Crippen LogP contribution in [0.3, 0.4) is 0 Å². The zero-order valence-electron chi connectivity index (χ0n) is 9.60. The zero-order chi connectivity index (χ0) is 11.9. The maximum Gasteiger partial charge on any atom is 0.325 e. The van der Waals surface area contributed by atoms with Crippen molar-refractivity contribution in [2.24, 2.45) is 0 Å². The van der Waals surface area contributed by atoms with Gasteiger partial charge >= 0.3 is 5.97 Å². The fourth-order valence-electron chi connectivity index (χ4n) is 2.99. The molecular formula is C13H16N2O2. The van der Waals surface area contributed by atoms with Crippen LogP contribution in [0.25, 0.3) is 0 Å². The Morgan fingerprint density at radius 2 is 2.24 bits per heavy atom. The lowest BCUT2D eigenvalue weighted by atomic mass is 9.98. The molecule has 4 heteroatoms. The second-order valence-electron chi connectivity index (χ2n) is 4.98. The predicted octanol–water partition coefficient (Wildman–Crippen LogP) is 0.688. The number of hydrogen-bond acceptors (Lipinski definition) is 3. The van der Waals surface area contributed by atoms with Crippen molar-refractivity contribution in [2.45, 2.75) is 24.5 Å². The van der Waals surface area contributed by atoms with Crippen LogP contribution < -0.4 is 5.32 Å². The second kappa shape index (κ2) is 3.82. The van der Waals surface area contributed by atoms with Crippen LogP contribution in [0.15, 0.2) is 30.3 Å². The van der Waals surface area contributed by atoms with Crippen molar-refractivity contribution in [3.8, 4) is 0 Å². The topological polar surface area (TPSA) is 52.6 Å². The lowest BCUT2D eigenvalue weighted by Crippen LogP contribution is -2.56. The van der Waals surface area contributed by atoms with Gasteiger partial charge in [-0.15, -0.1) is 0 Å². The number of aliphatic carboxylic acids is 1. The van der Waals surface area contributed by atoms with Crippen LogP contribution in [0.4, 0.5) is 0 Å². The Kier molecular flexibility index (Phi) is 2.42. The van der Waals surface area contributed by atoms with Gasteiger partial charge in [0.15, 0.2) is 0 Å². The average Bonchev–Trinajstić information content (AvgIpc) is 2.89. The first-order chi connectivity index (χ1) is 8.21. The van der Waals surface area contributed by atoms with E-state index in [9.17, 15) is 9.90 Å². The molecule has 3 rings (SSSR count). The van der Waals surface area contributed by atoms with E-state index in [-0.39, 0.29) is 0 Å². The van der Waals surface area contributed by atoms with Gasteiger partial charge in [0.2, 0.25) is 0 Å². The highest BCUT2D eigenvalue weighted by Gasteiger charge is 2.55. The summed E-state index contributed by atoms with van der Waals surface area (Å²) in [7, 11) is 0. The smallest absolute Gasteiger partial charge is 0.325 e. The number of piperazine rings is 1. The minimum atomic E-state index is -0.694. The van der Waals surface area contributed by atoms with Gasteiger partial charge in [-0.05, 0) is 12.0 Å². The SMILES string of the molecule is O=C(O)[C@]12CNC(CN1Cc1ccccc1)C2. The molecule has 0 amide bonds. The fraction of sp³-hybridized carbons (Fsp3) is 0.462. The molecule has 1 aromatic carbocycles. The zero-order valence-corrected chi connectivity index (χ0v) is 9.60. The molecule has 2 bridgehead atoms. The fourth-order valence-corrected chi connectivity index (χ4v) is 2.99. The first-order valence-corrected chi connectivity index (χ1v) is 5.96. The van der Waals surface area contributed by atoms with Crippen molar-refractivity contribution in [1.29, 1.82) is 0 Å². The number of benzene rings is 1. The van der Waals surface area contributed by atoms with Gasteiger partial charge in [-0.3, -0.25) is 9.69 Å². The summed E-state index contributed by atoms with van der Waals surface area (Å²) in [5, 5.41) is 12.7. The number of carboxylic acids is 1. The van der Waals surface area contributed by atoms with Crippen LogP contribution in [0.1, 0.15) is 12.0 Å². The maximum absolute atomic E-state index is 11.5. The third-order valence-electron chi connectivity index (χ3n) is 3.93. The highest BCUT2D eigenvalue weighted by atomic mass is 16.4. The summed E-state index contributed by atoms with van der Waals surface area (Å²) in [5.74, 6) is -0.694. The quantitative estimate of drug-likeness (QED) is 0.805. The normalized spacial score (nSPS) is 31.9. The van der Waals surface area contributed by atoms with Gasteiger partial charge in [-0.2, -0.15) is 0 Å². The highest BCUT2D eigenvalue weighted by molar-refractivity contribution is 5.80. The highest BCUT2D eigenvalue weighted by Crippen LogP contribution is 2.35. The van der Waals surface area contributed by atoms with E-state index in [1.165, 1.54) is 5.56 Å². The largest absolute Gasteiger partial charge is 0.480 e. The van der Waals surface area contributed by atoms with E-state index in [4.69, 9.17) is 0 Å². The third kappa shape index (κ3) is 1.64. The van der Waals surface area contributed by atoms with E-state index in [1.807, 2.05) is 18.2 Å². The molecule has 2 saturated heterocycles. The lowest BCUT2D eigenvalue weighted by Gasteiger charge is -2.35. The van der Waals surface area contributed by atoms with Crippen LogP contribution in [0, 0.1) is 0 Å². The average molecular weight is 232 g/mol. The van der Waals surface area contributed by atoms with Crippen molar-refractivity contribution in [3.05, 3.63) is 35.9 Å². The molecule has 4 nitrogen and oxygen atoms in total. The Morgan fingerprint density at radius 3 is 2.88 bits per heavy atom. The van der Waals surface area contributed by atoms with Crippen LogP contribution in [-0.2, 0) is 11.3 Å². The van der Waals surface area contributed by atoms with E-state index in [0.717, 1.165) is 19.5 Å². The number of rotatable bonds is 3. The molecule has 0 saturated carbocycles. The number of likely N-dealkylation sites (tertiary alicyclic amines) is 1. The van der Waals surface area contributed by atoms with Crippen LogP contribution in [0.2, 0.25) is 0 Å². The van der Waals surface area contributed by atoms with Crippen molar-refractivity contribution >= 4 is 5.97 Å². The van der Waals surface area contributed by atoms with E-state index in [2.05, 4.69) is 22.3 Å². The summed E-state index contributed by atoms with van der Waals surface area (Å²) in [6.07, 6.45) is 0.731. The molecule has 2 heterocycles. The molecular weight excluding hydrogens is 216 g/mol. The molecule has 0 aliphatic carbocycles. The minimum Gasteiger partial charge on any atom is -0.480 e. The van der Waals surface area contributed by atoms with Gasteiger partial charge < -0.3 is 10.4 Å². The van der Waals surface area contributed by atoms with Gasteiger partial charge in [-0.1, -0.05) is 30.3 Å². The Bertz CT molecular complexity index is 434. The monoisotopic (exact) mass is 232 g/mol. The number of carboxylic acid groups (broad SMARTS) is 1. The number of nitrogens with one attached hydrogen (secondary N) is 1. The molecule has 2 aliphatic heterocycles. The molecule has 0 radical (unpaired) electrons. The van der Waals surface area contributed by atoms with Gasteiger partial charge in [0.05, 0.1) is 0 Å². The molecule has 1 aromatic rings. The number of carbonyl (C=O) groups is 1. The Labute approximate surface area is 100 Å². The molecule has 0 spiro atoms. The first-order valence-electron chi connectivity index (χ1n) is 5.96. The molecule has 17 heavy (non-hydrogen) atoms. The standard InChI is InChI=1S/C13H16N2O2/c16-12(17)13-6-11(14-9-13)8-15(13)7-10-4-2-1-3-5-10/h1-5,11,14H,6-9H2,(H,16,17)/t11?,13-/m0/s1. The van der Waals surface area contributed by atoms with Crippen molar-refractivity contribution in [3.63, 3.8) is 0 Å². The van der Waals surface area contributed by atoms with Crippen LogP contribution in [0.5, 0.6) is 0 Å². The van der Waals surface area contributed by atoms with E-state index < -0.39 is 11.5 Å². The van der Waals surface area contributed by atoms with Crippen LogP contribution >= 0.6 is 0 Å². The molecule has 2 aliphatic rings. The van der Waals surface area contributed by atoms with Crippen molar-refractivity contribution in [2.75, 3.05) is 13.1 Å². The lowest BCUT2D eigenvalue weighted by molar-refractivity contribution is -0.149. The van der Waals surface area contributed by atoms with Crippen molar-refractivity contribution in [1.82, 2.24) is 10.2 Å². The Balaban J connectivity index is 1.82. The molecule has 2 atom stereocenters. The molecule has 2 fully saturated rings. The summed E-state index contributed by atoms with van der Waals surface area (Å²) < 4.78 is 0. The second-order valence-corrected chi connectivity index (χ2v) is 4.98.